The Labute approximate surface area is 195 Å². The average molecular weight is 446 g/mol. The van der Waals surface area contributed by atoms with Crippen LogP contribution in [0.5, 0.6) is 0 Å². The summed E-state index contributed by atoms with van der Waals surface area (Å²) in [5.74, 6) is -0.213. The van der Waals surface area contributed by atoms with Crippen molar-refractivity contribution < 1.29 is 9.69 Å². The maximum absolute atomic E-state index is 12.3. The number of benzene rings is 3. The van der Waals surface area contributed by atoms with Gasteiger partial charge in [0.15, 0.2) is 5.11 Å². The number of amides is 1. The molecule has 3 aromatic carbocycles. The van der Waals surface area contributed by atoms with Crippen molar-refractivity contribution in [2.75, 3.05) is 36.4 Å². The number of piperazine rings is 1. The lowest BCUT2D eigenvalue weighted by molar-refractivity contribution is -0.914. The van der Waals surface area contributed by atoms with E-state index in [1.165, 1.54) is 11.3 Å². The van der Waals surface area contributed by atoms with Gasteiger partial charge in [-0.1, -0.05) is 48.0 Å². The number of carbonyl (C=O) groups is 1. The van der Waals surface area contributed by atoms with E-state index in [0.717, 1.165) is 44.0 Å². The summed E-state index contributed by atoms with van der Waals surface area (Å²) in [7, 11) is 0. The summed E-state index contributed by atoms with van der Waals surface area (Å²) < 4.78 is 0. The lowest BCUT2D eigenvalue weighted by Gasteiger charge is -2.33. The number of rotatable bonds is 5. The second kappa shape index (κ2) is 10.4. The number of thiocarbonyl (C=S) groups is 1. The van der Waals surface area contributed by atoms with Crippen molar-refractivity contribution in [2.24, 2.45) is 0 Å². The minimum absolute atomic E-state index is 0.213. The van der Waals surface area contributed by atoms with Crippen molar-refractivity contribution in [3.63, 3.8) is 0 Å². The van der Waals surface area contributed by atoms with Gasteiger partial charge in [0.1, 0.15) is 6.54 Å². The van der Waals surface area contributed by atoms with Gasteiger partial charge in [0.05, 0.1) is 26.2 Å². The molecule has 1 aliphatic rings. The molecule has 4 rings (SSSR count). The van der Waals surface area contributed by atoms with E-state index in [1.54, 1.807) is 17.0 Å². The van der Waals surface area contributed by atoms with E-state index in [-0.39, 0.29) is 5.91 Å². The van der Waals surface area contributed by atoms with E-state index in [9.17, 15) is 4.79 Å². The SMILES string of the molecule is Cc1ccc(C(=O)NC(=S)Nc2ccc(N3CC[NH+](Cc4ccccc4)CC3)cc2)cc1. The molecule has 3 aromatic rings. The van der Waals surface area contributed by atoms with Crippen LogP contribution in [0.2, 0.25) is 0 Å². The smallest absolute Gasteiger partial charge is 0.257 e. The van der Waals surface area contributed by atoms with Crippen molar-refractivity contribution >= 4 is 34.6 Å². The number of aryl methyl sites for hydroxylation is 1. The van der Waals surface area contributed by atoms with Gasteiger partial charge in [-0.05, 0) is 55.5 Å². The third-order valence-electron chi connectivity index (χ3n) is 5.80. The van der Waals surface area contributed by atoms with Gasteiger partial charge in [-0.2, -0.15) is 0 Å². The molecular formula is C26H29N4OS+. The van der Waals surface area contributed by atoms with Crippen LogP contribution in [-0.2, 0) is 6.54 Å². The Bertz CT molecular complexity index is 1040. The van der Waals surface area contributed by atoms with Gasteiger partial charge < -0.3 is 15.1 Å². The summed E-state index contributed by atoms with van der Waals surface area (Å²) in [5, 5.41) is 6.12. The van der Waals surface area contributed by atoms with Crippen molar-refractivity contribution in [3.05, 3.63) is 95.6 Å². The van der Waals surface area contributed by atoms with Crippen LogP contribution in [0.25, 0.3) is 0 Å². The van der Waals surface area contributed by atoms with E-state index in [4.69, 9.17) is 12.2 Å². The maximum Gasteiger partial charge on any atom is 0.257 e. The Morgan fingerprint density at radius 1 is 0.938 bits per heavy atom. The van der Waals surface area contributed by atoms with E-state index in [1.807, 2.05) is 31.2 Å². The Morgan fingerprint density at radius 2 is 1.59 bits per heavy atom. The summed E-state index contributed by atoms with van der Waals surface area (Å²) in [6.45, 7) is 7.42. The first-order valence-corrected chi connectivity index (χ1v) is 11.4. The Kier molecular flexibility index (Phi) is 7.14. The molecule has 5 nitrogen and oxygen atoms in total. The molecule has 0 aliphatic carbocycles. The molecule has 0 bridgehead atoms. The van der Waals surface area contributed by atoms with Crippen LogP contribution in [0, 0.1) is 6.92 Å². The first-order chi connectivity index (χ1) is 15.6. The number of carbonyl (C=O) groups excluding carboxylic acids is 1. The highest BCUT2D eigenvalue weighted by Crippen LogP contribution is 2.18. The molecular weight excluding hydrogens is 416 g/mol. The molecule has 164 valence electrons. The standard InChI is InChI=1S/C26H28N4OS/c1-20-7-9-22(10-8-20)25(31)28-26(32)27-23-11-13-24(14-12-23)30-17-15-29(16-18-30)19-21-5-3-2-4-6-21/h2-14H,15-19H2,1H3,(H2,27,28,31,32)/p+1. The second-order valence-corrected chi connectivity index (χ2v) is 8.63. The molecule has 0 radical (unpaired) electrons. The summed E-state index contributed by atoms with van der Waals surface area (Å²) in [5.41, 5.74) is 5.17. The molecule has 0 unspecified atom stereocenters. The van der Waals surface area contributed by atoms with Gasteiger partial charge in [-0.3, -0.25) is 10.1 Å². The van der Waals surface area contributed by atoms with Crippen LogP contribution >= 0.6 is 12.2 Å². The van der Waals surface area contributed by atoms with Gasteiger partial charge in [0, 0.05) is 22.5 Å². The number of nitrogens with zero attached hydrogens (tertiary/aromatic N) is 1. The second-order valence-electron chi connectivity index (χ2n) is 8.22. The highest BCUT2D eigenvalue weighted by molar-refractivity contribution is 7.80. The molecule has 1 heterocycles. The van der Waals surface area contributed by atoms with Crippen molar-refractivity contribution in [3.8, 4) is 0 Å². The van der Waals surface area contributed by atoms with Crippen LogP contribution < -0.4 is 20.4 Å². The largest absolute Gasteiger partial charge is 0.360 e. The van der Waals surface area contributed by atoms with Crippen LogP contribution in [-0.4, -0.2) is 37.2 Å². The molecule has 0 saturated carbocycles. The fraction of sp³-hybridized carbons (Fsp3) is 0.231. The molecule has 0 spiro atoms. The van der Waals surface area contributed by atoms with E-state index in [0.29, 0.717) is 10.7 Å². The maximum atomic E-state index is 12.3. The molecule has 1 aliphatic heterocycles. The number of hydrogen-bond donors (Lipinski definition) is 3. The topological polar surface area (TPSA) is 48.8 Å². The molecule has 1 saturated heterocycles. The van der Waals surface area contributed by atoms with Crippen LogP contribution in [0.1, 0.15) is 21.5 Å². The lowest BCUT2D eigenvalue weighted by Crippen LogP contribution is -3.13. The Morgan fingerprint density at radius 3 is 2.25 bits per heavy atom. The molecule has 6 heteroatoms. The number of hydrogen-bond acceptors (Lipinski definition) is 3. The van der Waals surface area contributed by atoms with Gasteiger partial charge in [-0.25, -0.2) is 0 Å². The zero-order chi connectivity index (χ0) is 22.3. The van der Waals surface area contributed by atoms with E-state index < -0.39 is 0 Å². The lowest BCUT2D eigenvalue weighted by atomic mass is 10.1. The Hall–Kier alpha value is -3.22. The first-order valence-electron chi connectivity index (χ1n) is 11.0. The molecule has 3 N–H and O–H groups in total. The fourth-order valence-electron chi connectivity index (χ4n) is 3.94. The monoisotopic (exact) mass is 445 g/mol. The van der Waals surface area contributed by atoms with Gasteiger partial charge in [0.2, 0.25) is 0 Å². The summed E-state index contributed by atoms with van der Waals surface area (Å²) in [6, 6.07) is 26.3. The zero-order valence-corrected chi connectivity index (χ0v) is 19.1. The Balaban J connectivity index is 1.25. The predicted molar refractivity (Wildman–Crippen MR) is 134 cm³/mol. The highest BCUT2D eigenvalue weighted by Gasteiger charge is 2.20. The van der Waals surface area contributed by atoms with Crippen molar-refractivity contribution in [2.45, 2.75) is 13.5 Å². The molecule has 1 amide bonds. The van der Waals surface area contributed by atoms with E-state index in [2.05, 4.69) is 58.0 Å². The minimum atomic E-state index is -0.213. The van der Waals surface area contributed by atoms with E-state index >= 15 is 0 Å². The normalized spacial score (nSPS) is 14.1. The predicted octanol–water partition coefficient (Wildman–Crippen LogP) is 3.03. The molecule has 1 fully saturated rings. The zero-order valence-electron chi connectivity index (χ0n) is 18.3. The van der Waals surface area contributed by atoms with Crippen molar-refractivity contribution in [1.82, 2.24) is 5.32 Å². The number of anilines is 2. The number of quaternary nitrogens is 1. The number of nitrogens with one attached hydrogen (secondary N) is 3. The van der Waals surface area contributed by atoms with Gasteiger partial charge in [-0.15, -0.1) is 0 Å². The van der Waals surface area contributed by atoms with Crippen LogP contribution in [0.4, 0.5) is 11.4 Å². The van der Waals surface area contributed by atoms with Crippen LogP contribution in [0.3, 0.4) is 0 Å². The van der Waals surface area contributed by atoms with Crippen LogP contribution in [0.15, 0.2) is 78.9 Å². The average Bonchev–Trinajstić information content (AvgIpc) is 2.81. The summed E-state index contributed by atoms with van der Waals surface area (Å²) in [6.07, 6.45) is 0. The van der Waals surface area contributed by atoms with Gasteiger partial charge >= 0.3 is 0 Å². The third kappa shape index (κ3) is 5.93. The molecule has 0 aromatic heterocycles. The summed E-state index contributed by atoms with van der Waals surface area (Å²) >= 11 is 5.31. The summed E-state index contributed by atoms with van der Waals surface area (Å²) in [4.78, 5) is 16.4. The first kappa shape index (κ1) is 22.0. The van der Waals surface area contributed by atoms with Gasteiger partial charge in [0.25, 0.3) is 5.91 Å². The fourth-order valence-corrected chi connectivity index (χ4v) is 4.15. The quantitative estimate of drug-likeness (QED) is 0.529. The highest BCUT2D eigenvalue weighted by atomic mass is 32.1. The molecule has 32 heavy (non-hydrogen) atoms. The minimum Gasteiger partial charge on any atom is -0.360 e. The van der Waals surface area contributed by atoms with Crippen molar-refractivity contribution in [1.29, 1.82) is 0 Å². The molecule has 0 atom stereocenters. The third-order valence-corrected chi connectivity index (χ3v) is 6.00.